The molecule has 0 amide bonds. The molecule has 7 nitrogen and oxygen atoms in total. The predicted octanol–water partition coefficient (Wildman–Crippen LogP) is 1.64. The van der Waals surface area contributed by atoms with Gasteiger partial charge in [-0.2, -0.15) is 4.98 Å². The number of nitrogen functional groups attached to an aromatic ring is 1. The lowest BCUT2D eigenvalue weighted by molar-refractivity contribution is 0.296. The van der Waals surface area contributed by atoms with Gasteiger partial charge in [-0.1, -0.05) is 42.1 Å². The van der Waals surface area contributed by atoms with Crippen molar-refractivity contribution >= 4 is 28.7 Å². The fourth-order valence-electron chi connectivity index (χ4n) is 2.19. The molecule has 2 aromatic heterocycles. The molecule has 0 bridgehead atoms. The van der Waals surface area contributed by atoms with Crippen molar-refractivity contribution in [1.29, 1.82) is 0 Å². The number of benzene rings is 1. The summed E-state index contributed by atoms with van der Waals surface area (Å²) in [6, 6.07) is 9.60. The number of anilines is 1. The van der Waals surface area contributed by atoms with E-state index in [0.29, 0.717) is 35.0 Å². The van der Waals surface area contributed by atoms with Crippen LogP contribution in [0.3, 0.4) is 0 Å². The highest BCUT2D eigenvalue weighted by atomic mass is 32.2. The minimum atomic E-state index is -0.137. The van der Waals surface area contributed by atoms with Crippen LogP contribution in [0.25, 0.3) is 11.2 Å². The molecule has 0 saturated heterocycles. The Labute approximate surface area is 137 Å². The number of nitrogens with two attached hydrogens (primary N) is 1. The van der Waals surface area contributed by atoms with Crippen LogP contribution >= 0.6 is 11.8 Å². The van der Waals surface area contributed by atoms with Crippen molar-refractivity contribution in [2.24, 2.45) is 0 Å². The van der Waals surface area contributed by atoms with Gasteiger partial charge in [0.05, 0.1) is 6.54 Å². The molecule has 0 unspecified atom stereocenters. The summed E-state index contributed by atoms with van der Waals surface area (Å²) in [6.45, 7) is 0.567. The van der Waals surface area contributed by atoms with Gasteiger partial charge in [0, 0.05) is 12.4 Å². The van der Waals surface area contributed by atoms with Crippen LogP contribution in [0, 0.1) is 0 Å². The van der Waals surface area contributed by atoms with Crippen molar-refractivity contribution in [3.63, 3.8) is 0 Å². The molecule has 0 spiro atoms. The van der Waals surface area contributed by atoms with Crippen molar-refractivity contribution < 1.29 is 10.2 Å². The summed E-state index contributed by atoms with van der Waals surface area (Å²) < 4.78 is 1.61. The monoisotopic (exact) mass is 331 g/mol. The van der Waals surface area contributed by atoms with Crippen molar-refractivity contribution in [2.45, 2.75) is 18.1 Å². The fourth-order valence-corrected chi connectivity index (χ4v) is 2.96. The van der Waals surface area contributed by atoms with E-state index in [1.807, 2.05) is 30.3 Å². The zero-order valence-corrected chi connectivity index (χ0v) is 13.2. The van der Waals surface area contributed by atoms with Gasteiger partial charge in [0.1, 0.15) is 0 Å². The molecule has 0 fully saturated rings. The first kappa shape index (κ1) is 15.6. The van der Waals surface area contributed by atoms with E-state index in [-0.39, 0.29) is 18.4 Å². The molecule has 8 heteroatoms. The van der Waals surface area contributed by atoms with Crippen molar-refractivity contribution in [1.82, 2.24) is 19.5 Å². The molecule has 2 heterocycles. The Morgan fingerprint density at radius 1 is 1.13 bits per heavy atom. The van der Waals surface area contributed by atoms with E-state index in [1.165, 1.54) is 11.8 Å². The lowest BCUT2D eigenvalue weighted by Gasteiger charge is -2.06. The molecule has 0 atom stereocenters. The summed E-state index contributed by atoms with van der Waals surface area (Å²) >= 11 is 1.41. The van der Waals surface area contributed by atoms with E-state index in [0.717, 1.165) is 5.56 Å². The van der Waals surface area contributed by atoms with E-state index in [4.69, 9.17) is 10.8 Å². The first-order chi connectivity index (χ1) is 11.2. The SMILES string of the molecule is Nc1nc(SCCCO)nc2c1nc(O)n2Cc1ccccc1. The van der Waals surface area contributed by atoms with Crippen LogP contribution in [0.1, 0.15) is 12.0 Å². The Kier molecular flexibility index (Phi) is 4.63. The van der Waals surface area contributed by atoms with E-state index in [9.17, 15) is 5.11 Å². The Morgan fingerprint density at radius 2 is 1.91 bits per heavy atom. The minimum Gasteiger partial charge on any atom is -0.480 e. The van der Waals surface area contributed by atoms with E-state index in [1.54, 1.807) is 4.57 Å². The van der Waals surface area contributed by atoms with Gasteiger partial charge in [-0.15, -0.1) is 0 Å². The topological polar surface area (TPSA) is 110 Å². The van der Waals surface area contributed by atoms with Gasteiger partial charge in [0.25, 0.3) is 6.01 Å². The number of aromatic hydroxyl groups is 1. The number of rotatable bonds is 6. The highest BCUT2D eigenvalue weighted by molar-refractivity contribution is 7.99. The zero-order chi connectivity index (χ0) is 16.2. The largest absolute Gasteiger partial charge is 0.480 e. The molecule has 4 N–H and O–H groups in total. The van der Waals surface area contributed by atoms with Crippen LogP contribution in [0.5, 0.6) is 6.01 Å². The maximum atomic E-state index is 10.1. The van der Waals surface area contributed by atoms with Crippen LogP contribution in [0.2, 0.25) is 0 Å². The van der Waals surface area contributed by atoms with Crippen LogP contribution < -0.4 is 5.73 Å². The summed E-state index contributed by atoms with van der Waals surface area (Å²) in [7, 11) is 0. The van der Waals surface area contributed by atoms with Gasteiger partial charge in [-0.25, -0.2) is 9.97 Å². The summed E-state index contributed by atoms with van der Waals surface area (Å²) in [5.74, 6) is 0.934. The van der Waals surface area contributed by atoms with Crippen molar-refractivity contribution in [3.8, 4) is 6.01 Å². The number of fused-ring (bicyclic) bond motifs is 1. The summed E-state index contributed by atoms with van der Waals surface area (Å²) in [5.41, 5.74) is 7.86. The molecule has 3 aromatic rings. The van der Waals surface area contributed by atoms with Crippen LogP contribution in [-0.2, 0) is 6.54 Å². The predicted molar refractivity (Wildman–Crippen MR) is 89.4 cm³/mol. The third-order valence-corrected chi connectivity index (χ3v) is 4.23. The molecule has 0 aliphatic carbocycles. The number of hydrogen-bond donors (Lipinski definition) is 3. The molecule has 120 valence electrons. The molecule has 0 aliphatic heterocycles. The smallest absolute Gasteiger partial charge is 0.296 e. The number of hydrogen-bond acceptors (Lipinski definition) is 7. The Balaban J connectivity index is 1.98. The van der Waals surface area contributed by atoms with Crippen LogP contribution in [0.4, 0.5) is 5.82 Å². The van der Waals surface area contributed by atoms with Gasteiger partial charge in [-0.05, 0) is 12.0 Å². The maximum absolute atomic E-state index is 10.1. The first-order valence-electron chi connectivity index (χ1n) is 7.19. The number of thioether (sulfide) groups is 1. The summed E-state index contributed by atoms with van der Waals surface area (Å²) in [4.78, 5) is 12.7. The van der Waals surface area contributed by atoms with E-state index >= 15 is 0 Å². The molecular weight excluding hydrogens is 314 g/mol. The Hall–Kier alpha value is -2.32. The zero-order valence-electron chi connectivity index (χ0n) is 12.4. The standard InChI is InChI=1S/C15H17N5O2S/c16-12-11-13(19-14(18-12)23-8-4-7-21)20(15(22)17-11)9-10-5-2-1-3-6-10/h1-3,5-6,21H,4,7-9H2,(H,17,22)(H2,16,18,19). The van der Waals surface area contributed by atoms with Crippen molar-refractivity contribution in [3.05, 3.63) is 35.9 Å². The number of aliphatic hydroxyl groups excluding tert-OH is 1. The van der Waals surface area contributed by atoms with Gasteiger partial charge in [-0.3, -0.25) is 4.57 Å². The molecule has 3 rings (SSSR count). The third-order valence-electron chi connectivity index (χ3n) is 3.30. The van der Waals surface area contributed by atoms with Gasteiger partial charge < -0.3 is 15.9 Å². The Bertz CT molecular complexity index is 806. The molecule has 0 radical (unpaired) electrons. The summed E-state index contributed by atoms with van der Waals surface area (Å²) in [5, 5.41) is 19.5. The summed E-state index contributed by atoms with van der Waals surface area (Å²) in [6.07, 6.45) is 0.653. The number of nitrogens with zero attached hydrogens (tertiary/aromatic N) is 4. The van der Waals surface area contributed by atoms with Gasteiger partial charge in [0.2, 0.25) is 0 Å². The second-order valence-corrected chi connectivity index (χ2v) is 6.03. The number of aromatic nitrogens is 4. The average Bonchev–Trinajstić information content (AvgIpc) is 2.86. The molecular formula is C15H17N5O2S. The molecule has 0 saturated carbocycles. The molecule has 0 aliphatic rings. The number of imidazole rings is 1. The highest BCUT2D eigenvalue weighted by Gasteiger charge is 2.16. The second kappa shape index (κ2) is 6.84. The third kappa shape index (κ3) is 3.38. The van der Waals surface area contributed by atoms with Crippen molar-refractivity contribution in [2.75, 3.05) is 18.1 Å². The van der Waals surface area contributed by atoms with E-state index in [2.05, 4.69) is 15.0 Å². The first-order valence-corrected chi connectivity index (χ1v) is 8.18. The minimum absolute atomic E-state index is 0.122. The number of aliphatic hydroxyl groups is 1. The molecule has 1 aromatic carbocycles. The van der Waals surface area contributed by atoms with Gasteiger partial charge >= 0.3 is 0 Å². The lowest BCUT2D eigenvalue weighted by Crippen LogP contribution is -2.03. The van der Waals surface area contributed by atoms with Crippen LogP contribution in [-0.4, -0.2) is 42.1 Å². The highest BCUT2D eigenvalue weighted by Crippen LogP contribution is 2.26. The quantitative estimate of drug-likeness (QED) is 0.358. The lowest BCUT2D eigenvalue weighted by atomic mass is 10.2. The second-order valence-electron chi connectivity index (χ2n) is 4.97. The van der Waals surface area contributed by atoms with E-state index < -0.39 is 0 Å². The average molecular weight is 331 g/mol. The fraction of sp³-hybridized carbons (Fsp3) is 0.267. The molecule has 23 heavy (non-hydrogen) atoms. The Morgan fingerprint density at radius 3 is 2.65 bits per heavy atom. The van der Waals surface area contributed by atoms with Crippen LogP contribution in [0.15, 0.2) is 35.5 Å². The normalized spacial score (nSPS) is 11.2. The van der Waals surface area contributed by atoms with Gasteiger partial charge in [0.15, 0.2) is 22.1 Å². The maximum Gasteiger partial charge on any atom is 0.296 e.